The molecular weight excluding hydrogens is 104 g/mol. The van der Waals surface area contributed by atoms with Crippen molar-refractivity contribution in [1.82, 2.24) is 0 Å². The summed E-state index contributed by atoms with van der Waals surface area (Å²) in [5.41, 5.74) is 0. The number of hydrogen-bond donors (Lipinski definition) is 0. The van der Waals surface area contributed by atoms with E-state index in [1.807, 2.05) is 0 Å². The Hall–Kier alpha value is 0.220. The molecule has 0 aliphatic carbocycles. The van der Waals surface area contributed by atoms with Crippen molar-refractivity contribution in [1.29, 1.82) is 0 Å². The highest BCUT2D eigenvalue weighted by molar-refractivity contribution is 8.14. The van der Waals surface area contributed by atoms with E-state index in [1.54, 1.807) is 0 Å². The topological polar surface area (TPSA) is 0 Å². The lowest BCUT2D eigenvalue weighted by Gasteiger charge is -1.97. The maximum atomic E-state index is 3.97. The Morgan fingerprint density at radius 2 is 2.00 bits per heavy atom. The maximum absolute atomic E-state index is 3.97. The van der Waals surface area contributed by atoms with Gasteiger partial charge in [-0.1, -0.05) is 19.7 Å². The Bertz CT molecular complexity index is 57.2. The van der Waals surface area contributed by atoms with Gasteiger partial charge in [0.1, 0.15) is 0 Å². The molecule has 0 amide bonds. The van der Waals surface area contributed by atoms with Gasteiger partial charge < -0.3 is 0 Å². The lowest BCUT2D eigenvalue weighted by Crippen LogP contribution is -1.78. The molecule has 0 spiro atoms. The lowest BCUT2D eigenvalue weighted by atomic mass is 10.6. The predicted molar refractivity (Wildman–Crippen MR) is 40.4 cm³/mol. The molecule has 0 aromatic carbocycles. The van der Waals surface area contributed by atoms with Gasteiger partial charge in [0, 0.05) is 0 Å². The molecule has 7 heavy (non-hydrogen) atoms. The van der Waals surface area contributed by atoms with Crippen LogP contribution in [-0.2, 0) is 0 Å². The highest BCUT2D eigenvalue weighted by Gasteiger charge is 1.81. The van der Waals surface area contributed by atoms with Crippen molar-refractivity contribution >= 4 is 16.4 Å². The van der Waals surface area contributed by atoms with Gasteiger partial charge in [-0.3, -0.25) is 0 Å². The van der Waals surface area contributed by atoms with Crippen LogP contribution in [0.5, 0.6) is 0 Å². The van der Waals surface area contributed by atoms with Crippen LogP contribution in [0.3, 0.4) is 0 Å². The molecule has 0 N–H and O–H groups in total. The molecule has 0 heterocycles. The van der Waals surface area contributed by atoms with Gasteiger partial charge in [-0.15, -0.1) is 0 Å². The normalized spacial score (nSPS) is 14.0. The van der Waals surface area contributed by atoms with Crippen LogP contribution in [0, 0.1) is 0 Å². The molecule has 0 fully saturated rings. The summed E-state index contributed by atoms with van der Waals surface area (Å²) in [6.45, 7) is 4.41. The van der Waals surface area contributed by atoms with Crippen molar-refractivity contribution in [3.8, 4) is 0 Å². The van der Waals surface area contributed by atoms with E-state index in [0.717, 1.165) is 0 Å². The summed E-state index contributed by atoms with van der Waals surface area (Å²) in [5.74, 6) is 6.55. The molecule has 1 atom stereocenters. The molecule has 0 radical (unpaired) electrons. The van der Waals surface area contributed by atoms with Gasteiger partial charge in [0.25, 0.3) is 0 Å². The van der Waals surface area contributed by atoms with Crippen molar-refractivity contribution < 1.29 is 0 Å². The Balaban J connectivity index is 3.00. The van der Waals surface area contributed by atoms with E-state index in [9.17, 15) is 0 Å². The fraction of sp³-hybridized carbons (Fsp3) is 0.833. The van der Waals surface area contributed by atoms with E-state index in [4.69, 9.17) is 0 Å². The summed E-state index contributed by atoms with van der Waals surface area (Å²) >= 11 is 0. The first-order valence-electron chi connectivity index (χ1n) is 2.78. The molecule has 1 unspecified atom stereocenters. The van der Waals surface area contributed by atoms with E-state index in [0.29, 0.717) is 10.5 Å². The van der Waals surface area contributed by atoms with Crippen molar-refractivity contribution in [2.75, 3.05) is 11.5 Å². The van der Waals surface area contributed by atoms with E-state index in [1.165, 1.54) is 17.9 Å². The molecule has 0 aliphatic heterocycles. The van der Waals surface area contributed by atoms with Crippen LogP contribution in [0.25, 0.3) is 0 Å². The van der Waals surface area contributed by atoms with Gasteiger partial charge in [-0.25, -0.2) is 0 Å². The van der Waals surface area contributed by atoms with Crippen LogP contribution in [0.4, 0.5) is 0 Å². The van der Waals surface area contributed by atoms with Crippen molar-refractivity contribution in [2.45, 2.75) is 20.3 Å². The fourth-order valence-corrected chi connectivity index (χ4v) is 1.30. The van der Waals surface area contributed by atoms with Crippen LogP contribution in [0.2, 0.25) is 0 Å². The molecule has 0 rings (SSSR count). The average Bonchev–Trinajstić information content (AvgIpc) is 1.68. The molecular formula is C6H14S. The second-order valence-corrected chi connectivity index (χ2v) is 3.82. The second kappa shape index (κ2) is 4.38. The Kier molecular flexibility index (Phi) is 4.52. The molecule has 0 aromatic heterocycles. The van der Waals surface area contributed by atoms with Gasteiger partial charge >= 0.3 is 0 Å². The van der Waals surface area contributed by atoms with E-state index < -0.39 is 0 Å². The van der Waals surface area contributed by atoms with Crippen LogP contribution >= 0.6 is 10.5 Å². The third-order valence-corrected chi connectivity index (χ3v) is 2.70. The molecule has 0 aliphatic rings. The summed E-state index contributed by atoms with van der Waals surface area (Å²) in [7, 11) is 0.473. The molecule has 1 heteroatoms. The van der Waals surface area contributed by atoms with E-state index in [-0.39, 0.29) is 0 Å². The van der Waals surface area contributed by atoms with Gasteiger partial charge in [0.2, 0.25) is 0 Å². The first-order chi connectivity index (χ1) is 3.31. The van der Waals surface area contributed by atoms with Gasteiger partial charge in [-0.05, 0) is 17.9 Å². The zero-order chi connectivity index (χ0) is 5.70. The Morgan fingerprint density at radius 1 is 1.43 bits per heavy atom. The third kappa shape index (κ3) is 4.07. The van der Waals surface area contributed by atoms with Crippen molar-refractivity contribution in [3.05, 3.63) is 0 Å². The summed E-state index contributed by atoms with van der Waals surface area (Å²) in [5, 5.41) is 0. The summed E-state index contributed by atoms with van der Waals surface area (Å²) in [6, 6.07) is 0. The Labute approximate surface area is 48.9 Å². The monoisotopic (exact) mass is 118 g/mol. The zero-order valence-electron chi connectivity index (χ0n) is 5.24. The first-order valence-corrected chi connectivity index (χ1v) is 4.51. The Morgan fingerprint density at radius 3 is 2.14 bits per heavy atom. The lowest BCUT2D eigenvalue weighted by molar-refractivity contribution is 1.10. The molecule has 44 valence electrons. The summed E-state index contributed by atoms with van der Waals surface area (Å²) < 4.78 is 0. The van der Waals surface area contributed by atoms with Crippen molar-refractivity contribution in [2.24, 2.45) is 0 Å². The summed E-state index contributed by atoms with van der Waals surface area (Å²) in [4.78, 5) is 0. The SMILES string of the molecule is C=S(CC)CCC. The maximum Gasteiger partial charge on any atom is -0.0125 e. The molecule has 0 saturated carbocycles. The predicted octanol–water partition coefficient (Wildman–Crippen LogP) is 2.12. The van der Waals surface area contributed by atoms with Crippen LogP contribution in [-0.4, -0.2) is 17.4 Å². The third-order valence-electron chi connectivity index (χ3n) is 0.901. The van der Waals surface area contributed by atoms with Gasteiger partial charge in [0.15, 0.2) is 0 Å². The quantitative estimate of drug-likeness (QED) is 0.498. The van der Waals surface area contributed by atoms with Crippen LogP contribution in [0.1, 0.15) is 20.3 Å². The molecule has 0 aromatic rings. The smallest absolute Gasteiger partial charge is 0.0125 e. The van der Waals surface area contributed by atoms with Crippen molar-refractivity contribution in [3.63, 3.8) is 0 Å². The van der Waals surface area contributed by atoms with Gasteiger partial charge in [-0.2, -0.15) is 10.5 Å². The molecule has 0 nitrogen and oxygen atoms in total. The summed E-state index contributed by atoms with van der Waals surface area (Å²) in [6.07, 6.45) is 1.29. The number of rotatable bonds is 3. The molecule has 0 bridgehead atoms. The first kappa shape index (κ1) is 7.22. The number of hydrogen-bond acceptors (Lipinski definition) is 0. The average molecular weight is 118 g/mol. The zero-order valence-corrected chi connectivity index (χ0v) is 6.05. The van der Waals surface area contributed by atoms with Crippen LogP contribution < -0.4 is 0 Å². The minimum atomic E-state index is 0.473. The molecule has 0 saturated heterocycles. The minimum Gasteiger partial charge on any atom is -0.193 e. The highest BCUT2D eigenvalue weighted by atomic mass is 32.2. The minimum absolute atomic E-state index is 0.473. The second-order valence-electron chi connectivity index (χ2n) is 1.61. The van der Waals surface area contributed by atoms with E-state index in [2.05, 4.69) is 19.7 Å². The standard InChI is InChI=1S/C6H14S/c1-4-6-7(3)5-2/h3-6H2,1-2H3. The fourth-order valence-electron chi connectivity index (χ4n) is 0.433. The van der Waals surface area contributed by atoms with Crippen LogP contribution in [0.15, 0.2) is 0 Å². The van der Waals surface area contributed by atoms with E-state index >= 15 is 0 Å². The van der Waals surface area contributed by atoms with Gasteiger partial charge in [0.05, 0.1) is 0 Å². The highest BCUT2D eigenvalue weighted by Crippen LogP contribution is 2.07. The largest absolute Gasteiger partial charge is 0.193 e.